The third-order valence-corrected chi connectivity index (χ3v) is 1.58. The molecule has 0 saturated carbocycles. The standard InChI is InChI=1S/C10H14O2.C2H6/c1-2-7-12-10-5-3-9(8-11)4-6-10;1-2/h3-6,11H,2,7-8H2,1H3;1-2H3. The van der Waals surface area contributed by atoms with Crippen molar-refractivity contribution in [3.8, 4) is 5.75 Å². The van der Waals surface area contributed by atoms with Crippen LogP contribution in [-0.2, 0) is 6.61 Å². The fourth-order valence-corrected chi connectivity index (χ4v) is 0.911. The van der Waals surface area contributed by atoms with Crippen LogP contribution in [0.4, 0.5) is 0 Å². The van der Waals surface area contributed by atoms with Crippen LogP contribution < -0.4 is 4.74 Å². The molecule has 0 heterocycles. The third kappa shape index (κ3) is 4.87. The van der Waals surface area contributed by atoms with E-state index in [2.05, 4.69) is 6.92 Å². The molecule has 1 N–H and O–H groups in total. The van der Waals surface area contributed by atoms with Gasteiger partial charge in [0.25, 0.3) is 0 Å². The van der Waals surface area contributed by atoms with Gasteiger partial charge in [-0.1, -0.05) is 32.9 Å². The molecule has 0 amide bonds. The van der Waals surface area contributed by atoms with E-state index in [0.717, 1.165) is 24.3 Å². The van der Waals surface area contributed by atoms with E-state index in [-0.39, 0.29) is 6.61 Å². The normalized spacial score (nSPS) is 8.86. The molecule has 1 aromatic rings. The van der Waals surface area contributed by atoms with E-state index in [4.69, 9.17) is 9.84 Å². The minimum absolute atomic E-state index is 0.0913. The molecule has 0 fully saturated rings. The van der Waals surface area contributed by atoms with Gasteiger partial charge in [-0.25, -0.2) is 0 Å². The van der Waals surface area contributed by atoms with Gasteiger partial charge >= 0.3 is 0 Å². The lowest BCUT2D eigenvalue weighted by Gasteiger charge is -2.04. The Hall–Kier alpha value is -1.02. The molecule has 0 aliphatic rings. The fraction of sp³-hybridized carbons (Fsp3) is 0.500. The third-order valence-electron chi connectivity index (χ3n) is 1.58. The quantitative estimate of drug-likeness (QED) is 0.802. The van der Waals surface area contributed by atoms with Crippen molar-refractivity contribution in [2.45, 2.75) is 33.8 Å². The SMILES string of the molecule is CC.CCCOc1ccc(CO)cc1. The summed E-state index contributed by atoms with van der Waals surface area (Å²) in [5, 5.41) is 8.76. The Morgan fingerprint density at radius 1 is 1.14 bits per heavy atom. The van der Waals surface area contributed by atoms with E-state index in [1.807, 2.05) is 38.1 Å². The Kier molecular flexibility index (Phi) is 7.95. The summed E-state index contributed by atoms with van der Waals surface area (Å²) < 4.78 is 5.37. The van der Waals surface area contributed by atoms with Gasteiger partial charge in [0, 0.05) is 0 Å². The maximum Gasteiger partial charge on any atom is 0.119 e. The van der Waals surface area contributed by atoms with E-state index < -0.39 is 0 Å². The highest BCUT2D eigenvalue weighted by molar-refractivity contribution is 5.26. The molecular weight excluding hydrogens is 176 g/mol. The Labute approximate surface area is 86.5 Å². The largest absolute Gasteiger partial charge is 0.494 e. The van der Waals surface area contributed by atoms with Crippen LogP contribution in [0.15, 0.2) is 24.3 Å². The van der Waals surface area contributed by atoms with E-state index in [0.29, 0.717) is 0 Å². The molecule has 1 rings (SSSR count). The molecule has 0 aliphatic heterocycles. The zero-order valence-electron chi connectivity index (χ0n) is 9.29. The van der Waals surface area contributed by atoms with Crippen LogP contribution in [-0.4, -0.2) is 11.7 Å². The van der Waals surface area contributed by atoms with Crippen molar-refractivity contribution >= 4 is 0 Å². The molecule has 0 atom stereocenters. The van der Waals surface area contributed by atoms with Crippen molar-refractivity contribution in [3.63, 3.8) is 0 Å². The van der Waals surface area contributed by atoms with Gasteiger partial charge in [-0.15, -0.1) is 0 Å². The molecular formula is C12H20O2. The zero-order valence-corrected chi connectivity index (χ0v) is 9.29. The summed E-state index contributed by atoms with van der Waals surface area (Å²) in [6.07, 6.45) is 1.02. The first kappa shape index (κ1) is 13.0. The van der Waals surface area contributed by atoms with Gasteiger partial charge in [0.1, 0.15) is 5.75 Å². The van der Waals surface area contributed by atoms with Crippen LogP contribution >= 0.6 is 0 Å². The first-order chi connectivity index (χ1) is 6.86. The number of aliphatic hydroxyl groups is 1. The molecule has 14 heavy (non-hydrogen) atoms. The van der Waals surface area contributed by atoms with Crippen molar-refractivity contribution in [2.75, 3.05) is 6.61 Å². The Balaban J connectivity index is 0.000000791. The van der Waals surface area contributed by atoms with Gasteiger partial charge in [-0.05, 0) is 24.1 Å². The smallest absolute Gasteiger partial charge is 0.119 e. The maximum atomic E-state index is 8.76. The summed E-state index contributed by atoms with van der Waals surface area (Å²) in [5.74, 6) is 0.869. The van der Waals surface area contributed by atoms with Crippen LogP contribution in [0.3, 0.4) is 0 Å². The van der Waals surface area contributed by atoms with E-state index >= 15 is 0 Å². The first-order valence-electron chi connectivity index (χ1n) is 5.19. The number of benzene rings is 1. The average molecular weight is 196 g/mol. The van der Waals surface area contributed by atoms with Gasteiger partial charge in [0.15, 0.2) is 0 Å². The summed E-state index contributed by atoms with van der Waals surface area (Å²) in [6.45, 7) is 6.91. The molecule has 2 heteroatoms. The second-order valence-corrected chi connectivity index (χ2v) is 2.65. The number of rotatable bonds is 4. The molecule has 0 unspecified atom stereocenters. The lowest BCUT2D eigenvalue weighted by atomic mass is 10.2. The predicted octanol–water partition coefficient (Wildman–Crippen LogP) is 2.99. The van der Waals surface area contributed by atoms with Crippen LogP contribution in [0.25, 0.3) is 0 Å². The average Bonchev–Trinajstić information content (AvgIpc) is 2.30. The minimum atomic E-state index is 0.0913. The second kappa shape index (κ2) is 8.57. The van der Waals surface area contributed by atoms with Crippen LogP contribution in [0.5, 0.6) is 5.75 Å². The van der Waals surface area contributed by atoms with Crippen LogP contribution in [0.1, 0.15) is 32.8 Å². The van der Waals surface area contributed by atoms with Gasteiger partial charge in [-0.3, -0.25) is 0 Å². The fourth-order valence-electron chi connectivity index (χ4n) is 0.911. The Morgan fingerprint density at radius 3 is 2.14 bits per heavy atom. The molecule has 0 radical (unpaired) electrons. The summed E-state index contributed by atoms with van der Waals surface area (Å²) in [6, 6.07) is 7.48. The molecule has 1 aromatic carbocycles. The van der Waals surface area contributed by atoms with Crippen molar-refractivity contribution in [3.05, 3.63) is 29.8 Å². The predicted molar refractivity (Wildman–Crippen MR) is 59.5 cm³/mol. The lowest BCUT2D eigenvalue weighted by Crippen LogP contribution is -1.94. The van der Waals surface area contributed by atoms with E-state index in [1.165, 1.54) is 0 Å². The number of aliphatic hydroxyl groups excluding tert-OH is 1. The van der Waals surface area contributed by atoms with E-state index in [9.17, 15) is 0 Å². The van der Waals surface area contributed by atoms with Crippen molar-refractivity contribution in [2.24, 2.45) is 0 Å². The van der Waals surface area contributed by atoms with Crippen LogP contribution in [0, 0.1) is 0 Å². The number of ether oxygens (including phenoxy) is 1. The molecule has 0 aromatic heterocycles. The van der Waals surface area contributed by atoms with Gasteiger partial charge < -0.3 is 9.84 Å². The summed E-state index contributed by atoms with van der Waals surface area (Å²) in [4.78, 5) is 0. The molecule has 0 aliphatic carbocycles. The highest BCUT2D eigenvalue weighted by Gasteiger charge is 1.92. The minimum Gasteiger partial charge on any atom is -0.494 e. The molecule has 0 saturated heterocycles. The first-order valence-corrected chi connectivity index (χ1v) is 5.19. The molecule has 2 nitrogen and oxygen atoms in total. The molecule has 80 valence electrons. The second-order valence-electron chi connectivity index (χ2n) is 2.65. The number of hydrogen-bond donors (Lipinski definition) is 1. The Morgan fingerprint density at radius 2 is 1.71 bits per heavy atom. The highest BCUT2D eigenvalue weighted by atomic mass is 16.5. The highest BCUT2D eigenvalue weighted by Crippen LogP contribution is 2.11. The van der Waals surface area contributed by atoms with E-state index in [1.54, 1.807) is 0 Å². The van der Waals surface area contributed by atoms with Gasteiger partial charge in [-0.2, -0.15) is 0 Å². The molecule has 0 bridgehead atoms. The number of hydrogen-bond acceptors (Lipinski definition) is 2. The Bertz CT molecular complexity index is 216. The van der Waals surface area contributed by atoms with Crippen molar-refractivity contribution in [1.29, 1.82) is 0 Å². The van der Waals surface area contributed by atoms with Crippen molar-refractivity contribution in [1.82, 2.24) is 0 Å². The van der Waals surface area contributed by atoms with Crippen molar-refractivity contribution < 1.29 is 9.84 Å². The summed E-state index contributed by atoms with van der Waals surface area (Å²) in [7, 11) is 0. The van der Waals surface area contributed by atoms with Crippen LogP contribution in [0.2, 0.25) is 0 Å². The maximum absolute atomic E-state index is 8.76. The summed E-state index contributed by atoms with van der Waals surface area (Å²) in [5.41, 5.74) is 0.916. The molecule has 0 spiro atoms. The monoisotopic (exact) mass is 196 g/mol. The van der Waals surface area contributed by atoms with Gasteiger partial charge in [0.05, 0.1) is 13.2 Å². The summed E-state index contributed by atoms with van der Waals surface area (Å²) >= 11 is 0. The van der Waals surface area contributed by atoms with Gasteiger partial charge in [0.2, 0.25) is 0 Å². The topological polar surface area (TPSA) is 29.5 Å². The zero-order chi connectivity index (χ0) is 10.8. The lowest BCUT2D eigenvalue weighted by molar-refractivity contribution is 0.281.